The van der Waals surface area contributed by atoms with E-state index in [1.165, 1.54) is 0 Å². The Labute approximate surface area is 102 Å². The monoisotopic (exact) mass is 246 g/mol. The van der Waals surface area contributed by atoms with E-state index in [9.17, 15) is 9.90 Å². The van der Waals surface area contributed by atoms with Crippen LogP contribution in [0.3, 0.4) is 0 Å². The van der Waals surface area contributed by atoms with Gasteiger partial charge in [-0.2, -0.15) is 0 Å². The molecular formula is C13H10O3S. The van der Waals surface area contributed by atoms with Crippen molar-refractivity contribution in [2.45, 2.75) is 9.79 Å². The average molecular weight is 246 g/mol. The highest BCUT2D eigenvalue weighted by molar-refractivity contribution is 7.92. The van der Waals surface area contributed by atoms with Crippen molar-refractivity contribution in [1.82, 2.24) is 0 Å². The Bertz CT molecular complexity index is 445. The first kappa shape index (κ1) is 11.5. The third-order valence-corrected chi connectivity index (χ3v) is 3.77. The molecule has 2 aromatic rings. The molecule has 0 heterocycles. The molecule has 4 heteroatoms. The Morgan fingerprint density at radius 2 is 1.29 bits per heavy atom. The first-order valence-electron chi connectivity index (χ1n) is 5.01. The molecule has 0 aliphatic heterocycles. The molecular weight excluding hydrogens is 236 g/mol. The van der Waals surface area contributed by atoms with Gasteiger partial charge >= 0.3 is 6.16 Å². The Morgan fingerprint density at radius 3 is 1.65 bits per heavy atom. The molecule has 17 heavy (non-hydrogen) atoms. The van der Waals surface area contributed by atoms with Crippen molar-refractivity contribution in [3.8, 4) is 0 Å². The van der Waals surface area contributed by atoms with Gasteiger partial charge < -0.3 is 14.1 Å². The largest absolute Gasteiger partial charge is 0.423 e. The molecule has 0 fully saturated rings. The molecule has 0 spiro atoms. The van der Waals surface area contributed by atoms with Crippen LogP contribution in [0, 0.1) is 0 Å². The summed E-state index contributed by atoms with van der Waals surface area (Å²) in [7, 11) is 0. The van der Waals surface area contributed by atoms with Crippen molar-refractivity contribution >= 4 is 17.3 Å². The van der Waals surface area contributed by atoms with Crippen LogP contribution in [0.5, 0.6) is 0 Å². The summed E-state index contributed by atoms with van der Waals surface area (Å²) in [5.41, 5.74) is 0. The first-order valence-corrected chi connectivity index (χ1v) is 6.16. The summed E-state index contributed by atoms with van der Waals surface area (Å²) in [5.74, 6) is 0. The van der Waals surface area contributed by atoms with Crippen LogP contribution >= 0.6 is 0 Å². The summed E-state index contributed by atoms with van der Waals surface area (Å²) in [5, 5.41) is 10.6. The summed E-state index contributed by atoms with van der Waals surface area (Å²) in [4.78, 5) is 12.2. The molecule has 0 N–H and O–H groups in total. The Kier molecular flexibility index (Phi) is 3.67. The summed E-state index contributed by atoms with van der Waals surface area (Å²) < 4.78 is 4.86. The van der Waals surface area contributed by atoms with E-state index < -0.39 is 17.3 Å². The van der Waals surface area contributed by atoms with E-state index in [1.807, 2.05) is 60.7 Å². The molecule has 0 atom stereocenters. The van der Waals surface area contributed by atoms with Crippen LogP contribution in [-0.4, -0.2) is 6.16 Å². The second-order valence-electron chi connectivity index (χ2n) is 3.23. The van der Waals surface area contributed by atoms with E-state index in [4.69, 9.17) is 4.18 Å². The highest BCUT2D eigenvalue weighted by atomic mass is 32.2. The highest BCUT2D eigenvalue weighted by Crippen LogP contribution is 2.23. The van der Waals surface area contributed by atoms with Gasteiger partial charge in [0.2, 0.25) is 11.2 Å². The fourth-order valence-corrected chi connectivity index (χ4v) is 2.80. The topological polar surface area (TPSA) is 49.4 Å². The average Bonchev–Trinajstić information content (AvgIpc) is 2.38. The fourth-order valence-electron chi connectivity index (χ4n) is 1.39. The van der Waals surface area contributed by atoms with Crippen LogP contribution in [0.15, 0.2) is 70.5 Å². The van der Waals surface area contributed by atoms with Gasteiger partial charge in [0.25, 0.3) is 0 Å². The van der Waals surface area contributed by atoms with Crippen LogP contribution in [-0.2, 0) is 15.4 Å². The zero-order valence-corrected chi connectivity index (χ0v) is 9.72. The molecule has 0 saturated heterocycles. The smallest absolute Gasteiger partial charge is 0.303 e. The zero-order chi connectivity index (χ0) is 12.1. The molecule has 2 rings (SSSR count). The molecule has 0 radical (unpaired) electrons. The van der Waals surface area contributed by atoms with E-state index in [0.717, 1.165) is 9.79 Å². The molecule has 0 amide bonds. The fraction of sp³-hybridized carbons (Fsp3) is 0. The molecule has 0 aliphatic rings. The van der Waals surface area contributed by atoms with Gasteiger partial charge in [-0.15, -0.1) is 0 Å². The summed E-state index contributed by atoms with van der Waals surface area (Å²) in [6.45, 7) is 0. The van der Waals surface area contributed by atoms with Crippen molar-refractivity contribution in [3.63, 3.8) is 0 Å². The van der Waals surface area contributed by atoms with Crippen LogP contribution in [0.25, 0.3) is 0 Å². The van der Waals surface area contributed by atoms with Gasteiger partial charge in [0, 0.05) is 0 Å². The lowest BCUT2D eigenvalue weighted by atomic mass is 10.4. The molecule has 0 aliphatic carbocycles. The van der Waals surface area contributed by atoms with Crippen LogP contribution < -0.4 is 5.11 Å². The lowest BCUT2D eigenvalue weighted by Crippen LogP contribution is -2.27. The summed E-state index contributed by atoms with van der Waals surface area (Å²) >= 11 is -0.943. The number of benzene rings is 2. The molecule has 0 bridgehead atoms. The van der Waals surface area contributed by atoms with Crippen molar-refractivity contribution in [1.29, 1.82) is 0 Å². The molecule has 86 valence electrons. The Balaban J connectivity index is 2.36. The lowest BCUT2D eigenvalue weighted by molar-refractivity contribution is -0.270. The SMILES string of the molecule is O=C([O-])O[S+](c1ccccc1)c1ccccc1. The number of carbonyl (C=O) groups excluding carboxylic acids is 1. The summed E-state index contributed by atoms with van der Waals surface area (Å²) in [6.07, 6.45) is -1.51. The van der Waals surface area contributed by atoms with Crippen molar-refractivity contribution < 1.29 is 14.1 Å². The van der Waals surface area contributed by atoms with Gasteiger partial charge in [-0.1, -0.05) is 36.4 Å². The van der Waals surface area contributed by atoms with Gasteiger partial charge in [-0.05, 0) is 24.3 Å². The third kappa shape index (κ3) is 3.01. The number of rotatable bonds is 3. The number of hydrogen-bond acceptors (Lipinski definition) is 3. The standard InChI is InChI=1S/C13H10O3S/c14-13(15)16-17(11-7-3-1-4-8-11)12-9-5-2-6-10-12/h1-10H. The number of carbonyl (C=O) groups is 1. The maximum absolute atomic E-state index is 10.6. The van der Waals surface area contributed by atoms with Gasteiger partial charge in [0.1, 0.15) is 0 Å². The van der Waals surface area contributed by atoms with Gasteiger partial charge in [-0.3, -0.25) is 0 Å². The molecule has 0 unspecified atom stereocenters. The van der Waals surface area contributed by atoms with Crippen molar-refractivity contribution in [2.75, 3.05) is 0 Å². The van der Waals surface area contributed by atoms with Gasteiger partial charge in [0.05, 0.1) is 0 Å². The molecule has 2 aromatic carbocycles. The van der Waals surface area contributed by atoms with Crippen LogP contribution in [0.1, 0.15) is 0 Å². The summed E-state index contributed by atoms with van der Waals surface area (Å²) in [6, 6.07) is 18.4. The Hall–Kier alpha value is -1.94. The second kappa shape index (κ2) is 5.41. The molecule has 3 nitrogen and oxygen atoms in total. The predicted octanol–water partition coefficient (Wildman–Crippen LogP) is 2.00. The number of carboxylic acid groups (broad SMARTS) is 1. The maximum Gasteiger partial charge on any atom is 0.303 e. The quantitative estimate of drug-likeness (QED) is 0.778. The van der Waals surface area contributed by atoms with Gasteiger partial charge in [-0.25, -0.2) is 0 Å². The van der Waals surface area contributed by atoms with Crippen molar-refractivity contribution in [2.24, 2.45) is 0 Å². The molecule has 0 aromatic heterocycles. The second-order valence-corrected chi connectivity index (χ2v) is 4.88. The molecule has 0 saturated carbocycles. The maximum atomic E-state index is 10.6. The van der Waals surface area contributed by atoms with Crippen LogP contribution in [0.4, 0.5) is 4.79 Å². The van der Waals surface area contributed by atoms with E-state index >= 15 is 0 Å². The third-order valence-electron chi connectivity index (χ3n) is 2.07. The lowest BCUT2D eigenvalue weighted by Gasteiger charge is -2.09. The normalized spacial score (nSPS) is 10.2. The van der Waals surface area contributed by atoms with E-state index in [-0.39, 0.29) is 0 Å². The minimum atomic E-state index is -1.51. The predicted molar refractivity (Wildman–Crippen MR) is 63.3 cm³/mol. The highest BCUT2D eigenvalue weighted by Gasteiger charge is 2.25. The Morgan fingerprint density at radius 1 is 0.882 bits per heavy atom. The van der Waals surface area contributed by atoms with E-state index in [1.54, 1.807) is 0 Å². The first-order chi connectivity index (χ1) is 8.27. The number of hydrogen-bond donors (Lipinski definition) is 0. The van der Waals surface area contributed by atoms with E-state index in [2.05, 4.69) is 0 Å². The van der Waals surface area contributed by atoms with E-state index in [0.29, 0.717) is 0 Å². The van der Waals surface area contributed by atoms with Gasteiger partial charge in [0.15, 0.2) is 9.79 Å². The van der Waals surface area contributed by atoms with Crippen molar-refractivity contribution in [3.05, 3.63) is 60.7 Å². The minimum absolute atomic E-state index is 0.808. The zero-order valence-electron chi connectivity index (χ0n) is 8.91. The van der Waals surface area contributed by atoms with Crippen LogP contribution in [0.2, 0.25) is 0 Å². The minimum Gasteiger partial charge on any atom is -0.423 e.